The Morgan fingerprint density at radius 1 is 1.33 bits per heavy atom. The van der Waals surface area contributed by atoms with Crippen molar-refractivity contribution in [3.63, 3.8) is 0 Å². The lowest BCUT2D eigenvalue weighted by Gasteiger charge is -2.14. The Morgan fingerprint density at radius 3 is 2.67 bits per heavy atom. The Balaban J connectivity index is 2.32. The second kappa shape index (κ2) is 6.13. The fraction of sp³-hybridized carbons (Fsp3) is 0.400. The van der Waals surface area contributed by atoms with E-state index < -0.39 is 11.9 Å². The number of benzene rings is 1. The molecular weight excluding hydrogens is 275 g/mol. The van der Waals surface area contributed by atoms with Crippen molar-refractivity contribution in [2.75, 3.05) is 14.2 Å². The van der Waals surface area contributed by atoms with Gasteiger partial charge >= 0.3 is 0 Å². The number of aliphatic hydroxyl groups excluding tert-OH is 1. The molecule has 1 atom stereocenters. The van der Waals surface area contributed by atoms with Gasteiger partial charge in [0.1, 0.15) is 0 Å². The van der Waals surface area contributed by atoms with Crippen LogP contribution < -0.4 is 9.47 Å². The zero-order chi connectivity index (χ0) is 15.6. The van der Waals surface area contributed by atoms with Gasteiger partial charge in [-0.1, -0.05) is 12.1 Å². The summed E-state index contributed by atoms with van der Waals surface area (Å²) in [4.78, 5) is 0. The van der Waals surface area contributed by atoms with Gasteiger partial charge in [0.2, 0.25) is 5.88 Å². The fourth-order valence-electron chi connectivity index (χ4n) is 2.46. The number of aryl methyl sites for hydroxylation is 2. The smallest absolute Gasteiger partial charge is 0.217 e. The summed E-state index contributed by atoms with van der Waals surface area (Å²) in [5.41, 5.74) is 1.61. The minimum Gasteiger partial charge on any atom is -0.494 e. The lowest BCUT2D eigenvalue weighted by molar-refractivity contribution is 0.171. The molecule has 0 aliphatic carbocycles. The number of ether oxygens (including phenoxy) is 2. The highest BCUT2D eigenvalue weighted by atomic mass is 19.1. The van der Waals surface area contributed by atoms with E-state index in [1.165, 1.54) is 14.2 Å². The van der Waals surface area contributed by atoms with Crippen molar-refractivity contribution in [2.45, 2.75) is 19.4 Å². The summed E-state index contributed by atoms with van der Waals surface area (Å²) in [6.45, 7) is 1.78. The topological polar surface area (TPSA) is 56.5 Å². The molecule has 0 spiro atoms. The van der Waals surface area contributed by atoms with Crippen LogP contribution in [0, 0.1) is 12.7 Å². The SMILES string of the molecule is COc1cccc(CC(O)c2c(C)nn(C)c2OC)c1F. The van der Waals surface area contributed by atoms with Gasteiger partial charge in [0.25, 0.3) is 0 Å². The lowest BCUT2D eigenvalue weighted by atomic mass is 10.0. The van der Waals surface area contributed by atoms with Crippen molar-refractivity contribution >= 4 is 0 Å². The van der Waals surface area contributed by atoms with Crippen LogP contribution in [0.4, 0.5) is 4.39 Å². The van der Waals surface area contributed by atoms with Gasteiger partial charge in [0.05, 0.1) is 31.6 Å². The molecule has 0 aliphatic rings. The van der Waals surface area contributed by atoms with Gasteiger partial charge in [0, 0.05) is 13.5 Å². The molecule has 2 rings (SSSR count). The first-order chi connectivity index (χ1) is 9.99. The third kappa shape index (κ3) is 2.85. The minimum absolute atomic E-state index is 0.117. The van der Waals surface area contributed by atoms with Crippen LogP contribution in [0.2, 0.25) is 0 Å². The largest absolute Gasteiger partial charge is 0.494 e. The molecule has 114 valence electrons. The zero-order valence-corrected chi connectivity index (χ0v) is 12.6. The van der Waals surface area contributed by atoms with Crippen molar-refractivity contribution < 1.29 is 19.0 Å². The number of rotatable bonds is 5. The molecule has 21 heavy (non-hydrogen) atoms. The first-order valence-corrected chi connectivity index (χ1v) is 6.56. The molecule has 0 fully saturated rings. The predicted octanol–water partition coefficient (Wildman–Crippen LogP) is 2.16. The lowest BCUT2D eigenvalue weighted by Crippen LogP contribution is -2.07. The van der Waals surface area contributed by atoms with Crippen LogP contribution in [0.3, 0.4) is 0 Å². The van der Waals surface area contributed by atoms with E-state index in [9.17, 15) is 9.50 Å². The van der Waals surface area contributed by atoms with Crippen LogP contribution in [0.15, 0.2) is 18.2 Å². The third-order valence-electron chi connectivity index (χ3n) is 3.42. The minimum atomic E-state index is -0.907. The number of nitrogens with zero attached hydrogens (tertiary/aromatic N) is 2. The standard InChI is InChI=1S/C15H19FN2O3/c1-9-13(15(21-4)18(2)17-9)11(19)8-10-6-5-7-12(20-3)14(10)16/h5-7,11,19H,8H2,1-4H3. The number of methoxy groups -OCH3 is 2. The van der Waals surface area contributed by atoms with Crippen LogP contribution in [-0.2, 0) is 13.5 Å². The van der Waals surface area contributed by atoms with E-state index in [2.05, 4.69) is 5.10 Å². The highest BCUT2D eigenvalue weighted by molar-refractivity contribution is 5.36. The van der Waals surface area contributed by atoms with Crippen LogP contribution >= 0.6 is 0 Å². The number of aromatic nitrogens is 2. The number of hydrogen-bond donors (Lipinski definition) is 1. The monoisotopic (exact) mass is 294 g/mol. The molecule has 1 aromatic carbocycles. The molecule has 1 heterocycles. The molecule has 0 amide bonds. The van der Waals surface area contributed by atoms with Crippen molar-refractivity contribution in [2.24, 2.45) is 7.05 Å². The molecule has 0 saturated heterocycles. The van der Waals surface area contributed by atoms with E-state index in [4.69, 9.17) is 9.47 Å². The molecule has 0 radical (unpaired) electrons. The van der Waals surface area contributed by atoms with Crippen LogP contribution in [0.5, 0.6) is 11.6 Å². The number of aliphatic hydroxyl groups is 1. The molecule has 6 heteroatoms. The highest BCUT2D eigenvalue weighted by Gasteiger charge is 2.23. The first kappa shape index (κ1) is 15.3. The summed E-state index contributed by atoms with van der Waals surface area (Å²) < 4.78 is 25.9. The maximum absolute atomic E-state index is 14.1. The predicted molar refractivity (Wildman–Crippen MR) is 76.1 cm³/mol. The van der Waals surface area contributed by atoms with Gasteiger partial charge in [-0.15, -0.1) is 0 Å². The fourth-order valence-corrected chi connectivity index (χ4v) is 2.46. The summed E-state index contributed by atoms with van der Waals surface area (Å²) >= 11 is 0. The van der Waals surface area contributed by atoms with Crippen molar-refractivity contribution in [1.82, 2.24) is 9.78 Å². The molecule has 1 aromatic heterocycles. The Bertz CT molecular complexity index is 640. The molecule has 1 N–H and O–H groups in total. The highest BCUT2D eigenvalue weighted by Crippen LogP contribution is 2.31. The normalized spacial score (nSPS) is 12.3. The van der Waals surface area contributed by atoms with Gasteiger partial charge in [-0.3, -0.25) is 0 Å². The van der Waals surface area contributed by atoms with Crippen LogP contribution in [-0.4, -0.2) is 29.1 Å². The maximum atomic E-state index is 14.1. The van der Waals surface area contributed by atoms with Crippen molar-refractivity contribution in [3.8, 4) is 11.6 Å². The first-order valence-electron chi connectivity index (χ1n) is 6.56. The van der Waals surface area contributed by atoms with Gasteiger partial charge in [-0.05, 0) is 18.6 Å². The van der Waals surface area contributed by atoms with Gasteiger partial charge in [-0.25, -0.2) is 9.07 Å². The molecular formula is C15H19FN2O3. The molecule has 1 unspecified atom stereocenters. The van der Waals surface area contributed by atoms with Gasteiger partial charge in [0.15, 0.2) is 11.6 Å². The Labute approximate surface area is 122 Å². The molecule has 5 nitrogen and oxygen atoms in total. The molecule has 0 aliphatic heterocycles. The average Bonchev–Trinajstić information content (AvgIpc) is 2.75. The van der Waals surface area contributed by atoms with Gasteiger partial charge in [-0.2, -0.15) is 5.10 Å². The summed E-state index contributed by atoms with van der Waals surface area (Å²) in [6.07, 6.45) is -0.790. The summed E-state index contributed by atoms with van der Waals surface area (Å²) in [5.74, 6) is 0.178. The van der Waals surface area contributed by atoms with Crippen molar-refractivity contribution in [1.29, 1.82) is 0 Å². The zero-order valence-electron chi connectivity index (χ0n) is 12.6. The Morgan fingerprint density at radius 2 is 2.05 bits per heavy atom. The summed E-state index contributed by atoms with van der Waals surface area (Å²) in [6, 6.07) is 4.86. The summed E-state index contributed by atoms with van der Waals surface area (Å²) in [5, 5.41) is 14.6. The number of hydrogen-bond acceptors (Lipinski definition) is 4. The van der Waals surface area contributed by atoms with E-state index in [1.807, 2.05) is 0 Å². The third-order valence-corrected chi connectivity index (χ3v) is 3.42. The van der Waals surface area contributed by atoms with E-state index in [0.29, 0.717) is 22.7 Å². The second-order valence-electron chi connectivity index (χ2n) is 4.79. The Hall–Kier alpha value is -2.08. The van der Waals surface area contributed by atoms with Gasteiger partial charge < -0.3 is 14.6 Å². The van der Waals surface area contributed by atoms with Crippen LogP contribution in [0.1, 0.15) is 22.9 Å². The van der Waals surface area contributed by atoms with E-state index >= 15 is 0 Å². The quantitative estimate of drug-likeness (QED) is 0.918. The summed E-state index contributed by atoms with van der Waals surface area (Å²) in [7, 11) is 4.65. The molecule has 2 aromatic rings. The molecule has 0 bridgehead atoms. The second-order valence-corrected chi connectivity index (χ2v) is 4.79. The van der Waals surface area contributed by atoms with E-state index in [1.54, 1.807) is 36.9 Å². The van der Waals surface area contributed by atoms with E-state index in [0.717, 1.165) is 0 Å². The van der Waals surface area contributed by atoms with Crippen molar-refractivity contribution in [3.05, 3.63) is 40.8 Å². The maximum Gasteiger partial charge on any atom is 0.217 e. The molecule has 0 saturated carbocycles. The Kier molecular flexibility index (Phi) is 4.47. The van der Waals surface area contributed by atoms with E-state index in [-0.39, 0.29) is 12.2 Å². The average molecular weight is 294 g/mol. The van der Waals surface area contributed by atoms with Crippen LogP contribution in [0.25, 0.3) is 0 Å². The number of halogens is 1.